The van der Waals surface area contributed by atoms with E-state index in [-0.39, 0.29) is 4.90 Å². The molecule has 0 saturated carbocycles. The second-order valence-corrected chi connectivity index (χ2v) is 12.3. The number of methoxy groups -OCH3 is 1. The van der Waals surface area contributed by atoms with Gasteiger partial charge in [0.15, 0.2) is 0 Å². The van der Waals surface area contributed by atoms with Gasteiger partial charge < -0.3 is 24.3 Å². The highest BCUT2D eigenvalue weighted by molar-refractivity contribution is 9.10. The molecule has 0 heterocycles. The number of halogens is 1. The molecule has 0 bridgehead atoms. The molecule has 132 valence electrons. The SMILES string of the molecule is COc1c(C)c(C)c(Br)c(C)c1SC(C)(P(=O)(O)O)P(=O)(O)O. The molecule has 0 atom stereocenters. The third kappa shape index (κ3) is 3.72. The van der Waals surface area contributed by atoms with Crippen LogP contribution in [0.2, 0.25) is 0 Å². The van der Waals surface area contributed by atoms with E-state index < -0.39 is 19.4 Å². The van der Waals surface area contributed by atoms with Crippen molar-refractivity contribution in [3.8, 4) is 5.75 Å². The molecule has 0 unspecified atom stereocenters. The third-order valence-electron chi connectivity index (χ3n) is 3.69. The maximum absolute atomic E-state index is 11.8. The summed E-state index contributed by atoms with van der Waals surface area (Å²) in [5.74, 6) is 0.335. The summed E-state index contributed by atoms with van der Waals surface area (Å²) in [6.45, 7) is 6.14. The second kappa shape index (κ2) is 6.81. The lowest BCUT2D eigenvalue weighted by atomic mass is 10.1. The highest BCUT2D eigenvalue weighted by atomic mass is 79.9. The smallest absolute Gasteiger partial charge is 0.353 e. The van der Waals surface area contributed by atoms with Crippen LogP contribution in [0.3, 0.4) is 0 Å². The minimum absolute atomic E-state index is 0.275. The number of ether oxygens (including phenoxy) is 1. The van der Waals surface area contributed by atoms with Gasteiger partial charge in [0.25, 0.3) is 0 Å². The summed E-state index contributed by atoms with van der Waals surface area (Å²) in [4.78, 5) is 38.4. The van der Waals surface area contributed by atoms with Gasteiger partial charge in [-0.2, -0.15) is 0 Å². The maximum Gasteiger partial charge on any atom is 0.353 e. The van der Waals surface area contributed by atoms with Crippen molar-refractivity contribution in [3.05, 3.63) is 21.2 Å². The average molecular weight is 449 g/mol. The lowest BCUT2D eigenvalue weighted by molar-refractivity contribution is 0.335. The fraction of sp³-hybridized carbons (Fsp3) is 0.500. The predicted molar refractivity (Wildman–Crippen MR) is 93.3 cm³/mol. The van der Waals surface area contributed by atoms with Crippen LogP contribution >= 0.6 is 42.9 Å². The molecule has 0 saturated heterocycles. The molecular formula is C12H19BrO7P2S. The van der Waals surface area contributed by atoms with Gasteiger partial charge in [-0.1, -0.05) is 27.7 Å². The Balaban J connectivity index is 3.72. The van der Waals surface area contributed by atoms with Gasteiger partial charge in [0, 0.05) is 4.47 Å². The van der Waals surface area contributed by atoms with E-state index in [9.17, 15) is 28.7 Å². The summed E-state index contributed by atoms with van der Waals surface area (Å²) < 4.78 is 27.0. The number of hydrogen-bond donors (Lipinski definition) is 4. The Bertz CT molecular complexity index is 703. The van der Waals surface area contributed by atoms with Gasteiger partial charge in [-0.05, 0) is 44.4 Å². The van der Waals surface area contributed by atoms with E-state index in [0.29, 0.717) is 33.1 Å². The Morgan fingerprint density at radius 2 is 1.43 bits per heavy atom. The van der Waals surface area contributed by atoms with E-state index in [1.54, 1.807) is 13.8 Å². The molecule has 0 aliphatic heterocycles. The lowest BCUT2D eigenvalue weighted by Gasteiger charge is -2.31. The van der Waals surface area contributed by atoms with Crippen molar-refractivity contribution >= 4 is 42.9 Å². The van der Waals surface area contributed by atoms with E-state index >= 15 is 0 Å². The van der Waals surface area contributed by atoms with Crippen LogP contribution < -0.4 is 4.74 Å². The summed E-state index contributed by atoms with van der Waals surface area (Å²) in [7, 11) is -8.88. The second-order valence-electron chi connectivity index (χ2n) is 5.18. The Morgan fingerprint density at radius 3 is 1.78 bits per heavy atom. The van der Waals surface area contributed by atoms with E-state index in [2.05, 4.69) is 15.9 Å². The predicted octanol–water partition coefficient (Wildman–Crippen LogP) is 3.50. The van der Waals surface area contributed by atoms with E-state index in [1.165, 1.54) is 7.11 Å². The summed E-state index contributed by atoms with van der Waals surface area (Å²) in [6, 6.07) is 0. The Morgan fingerprint density at radius 1 is 1.00 bits per heavy atom. The van der Waals surface area contributed by atoms with Crippen LogP contribution in [0.15, 0.2) is 9.37 Å². The molecule has 0 aromatic heterocycles. The first-order chi connectivity index (χ1) is 10.2. The van der Waals surface area contributed by atoms with Crippen LogP contribution in [0, 0.1) is 20.8 Å². The molecule has 0 fully saturated rings. The summed E-state index contributed by atoms with van der Waals surface area (Å²) >= 11 is 3.83. The minimum atomic E-state index is -5.14. The zero-order chi connectivity index (χ0) is 18.4. The first kappa shape index (κ1) is 21.2. The molecule has 1 aromatic carbocycles. The first-order valence-electron chi connectivity index (χ1n) is 6.32. The molecule has 0 radical (unpaired) electrons. The first-order valence-corrected chi connectivity index (χ1v) is 11.2. The monoisotopic (exact) mass is 448 g/mol. The molecule has 1 aromatic rings. The molecule has 0 amide bonds. The van der Waals surface area contributed by atoms with Crippen LogP contribution in [0.25, 0.3) is 0 Å². The van der Waals surface area contributed by atoms with Gasteiger partial charge in [0.2, 0.25) is 4.23 Å². The molecule has 0 aliphatic rings. The zero-order valence-electron chi connectivity index (χ0n) is 13.2. The Labute approximate surface area is 147 Å². The van der Waals surface area contributed by atoms with Crippen LogP contribution in [0.5, 0.6) is 5.75 Å². The van der Waals surface area contributed by atoms with Gasteiger partial charge in [-0.3, -0.25) is 9.13 Å². The fourth-order valence-electron chi connectivity index (χ4n) is 1.91. The summed E-state index contributed by atoms with van der Waals surface area (Å²) in [5, 5.41) is 0. The molecule has 23 heavy (non-hydrogen) atoms. The number of thioether (sulfide) groups is 1. The standard InChI is InChI=1S/C12H19BrO7P2S/c1-6-7(2)10(20-5)11(8(3)9(6)13)23-12(4,21(14,15)16)22(17,18)19/h1-5H3,(H2,14,15,16)(H2,17,18,19). The van der Waals surface area contributed by atoms with Crippen LogP contribution in [0.1, 0.15) is 23.6 Å². The molecule has 11 heteroatoms. The van der Waals surface area contributed by atoms with Gasteiger partial charge >= 0.3 is 15.2 Å². The third-order valence-corrected chi connectivity index (χ3v) is 11.7. The molecule has 0 aliphatic carbocycles. The molecule has 7 nitrogen and oxygen atoms in total. The molecule has 0 spiro atoms. The van der Waals surface area contributed by atoms with E-state index in [4.69, 9.17) is 4.74 Å². The fourth-order valence-corrected chi connectivity index (χ4v) is 6.36. The summed E-state index contributed by atoms with van der Waals surface area (Å²) in [5.41, 5.74) is 2.17. The molecular weight excluding hydrogens is 430 g/mol. The number of hydrogen-bond acceptors (Lipinski definition) is 4. The van der Waals surface area contributed by atoms with Gasteiger partial charge in [-0.25, -0.2) is 0 Å². The largest absolute Gasteiger partial charge is 0.495 e. The van der Waals surface area contributed by atoms with Crippen molar-refractivity contribution in [1.82, 2.24) is 0 Å². The Hall–Kier alpha value is 0.150. The minimum Gasteiger partial charge on any atom is -0.495 e. The topological polar surface area (TPSA) is 124 Å². The van der Waals surface area contributed by atoms with Gasteiger partial charge in [0.1, 0.15) is 5.75 Å². The van der Waals surface area contributed by atoms with Crippen molar-refractivity contribution in [3.63, 3.8) is 0 Å². The van der Waals surface area contributed by atoms with E-state index in [1.807, 2.05) is 6.92 Å². The zero-order valence-corrected chi connectivity index (χ0v) is 17.4. The van der Waals surface area contributed by atoms with Crippen molar-refractivity contribution in [2.45, 2.75) is 36.8 Å². The number of rotatable bonds is 5. The van der Waals surface area contributed by atoms with Crippen LogP contribution in [-0.2, 0) is 9.13 Å². The van der Waals surface area contributed by atoms with Gasteiger partial charge in [0.05, 0.1) is 12.0 Å². The highest BCUT2D eigenvalue weighted by Crippen LogP contribution is 2.75. The average Bonchev–Trinajstić information content (AvgIpc) is 2.40. The molecule has 4 N–H and O–H groups in total. The van der Waals surface area contributed by atoms with Crippen molar-refractivity contribution in [2.24, 2.45) is 0 Å². The van der Waals surface area contributed by atoms with Crippen LogP contribution in [0.4, 0.5) is 0 Å². The van der Waals surface area contributed by atoms with Gasteiger partial charge in [-0.15, -0.1) is 0 Å². The maximum atomic E-state index is 11.8. The van der Waals surface area contributed by atoms with E-state index in [0.717, 1.165) is 12.5 Å². The number of benzene rings is 1. The van der Waals surface area contributed by atoms with Crippen molar-refractivity contribution in [1.29, 1.82) is 0 Å². The van der Waals surface area contributed by atoms with Crippen molar-refractivity contribution in [2.75, 3.05) is 7.11 Å². The van der Waals surface area contributed by atoms with Crippen LogP contribution in [-0.4, -0.2) is 30.9 Å². The lowest BCUT2D eigenvalue weighted by Crippen LogP contribution is -2.21. The molecule has 1 rings (SSSR count). The van der Waals surface area contributed by atoms with Crippen molar-refractivity contribution < 1.29 is 33.4 Å². The summed E-state index contributed by atoms with van der Waals surface area (Å²) in [6.07, 6.45) is 0. The normalized spacial score (nSPS) is 13.3. The highest BCUT2D eigenvalue weighted by Gasteiger charge is 2.58. The Kier molecular flexibility index (Phi) is 6.27. The quantitative estimate of drug-likeness (QED) is 0.398.